The quantitative estimate of drug-likeness (QED) is 0.725. The summed E-state index contributed by atoms with van der Waals surface area (Å²) in [4.78, 5) is 8.83. The molecule has 0 bridgehead atoms. The molecule has 0 radical (unpaired) electrons. The van der Waals surface area contributed by atoms with Crippen LogP contribution in [0.3, 0.4) is 0 Å². The molecule has 0 spiro atoms. The Kier molecular flexibility index (Phi) is 3.81. The van der Waals surface area contributed by atoms with E-state index in [0.717, 1.165) is 36.1 Å². The van der Waals surface area contributed by atoms with Crippen LogP contribution < -0.4 is 5.32 Å². The van der Waals surface area contributed by atoms with E-state index < -0.39 is 0 Å². The molecule has 3 rings (SSSR count). The lowest BCUT2D eigenvalue weighted by atomic mass is 10.3. The van der Waals surface area contributed by atoms with Gasteiger partial charge in [0, 0.05) is 18.4 Å². The molecule has 5 heteroatoms. The fraction of sp³-hybridized carbons (Fsp3) is 0.250. The summed E-state index contributed by atoms with van der Waals surface area (Å²) in [7, 11) is 0. The third-order valence-electron chi connectivity index (χ3n) is 3.36. The van der Waals surface area contributed by atoms with E-state index in [1.54, 1.807) is 18.3 Å². The third-order valence-corrected chi connectivity index (χ3v) is 3.36. The molecule has 0 aliphatic rings. The Labute approximate surface area is 122 Å². The van der Waals surface area contributed by atoms with Gasteiger partial charge in [0.25, 0.3) is 0 Å². The van der Waals surface area contributed by atoms with Gasteiger partial charge in [-0.3, -0.25) is 0 Å². The first-order valence-electron chi connectivity index (χ1n) is 7.12. The largest absolute Gasteiger partial charge is 0.354 e. The van der Waals surface area contributed by atoms with E-state index in [2.05, 4.69) is 22.2 Å². The van der Waals surface area contributed by atoms with Crippen LogP contribution in [0.1, 0.15) is 19.8 Å². The Morgan fingerprint density at radius 1 is 1.19 bits per heavy atom. The highest BCUT2D eigenvalue weighted by molar-refractivity contribution is 5.78. The van der Waals surface area contributed by atoms with Crippen LogP contribution in [0.5, 0.6) is 0 Å². The van der Waals surface area contributed by atoms with E-state index in [9.17, 15) is 4.39 Å². The molecule has 0 unspecified atom stereocenters. The van der Waals surface area contributed by atoms with Gasteiger partial charge >= 0.3 is 0 Å². The first-order valence-corrected chi connectivity index (χ1v) is 7.12. The Balaban J connectivity index is 1.90. The van der Waals surface area contributed by atoms with Gasteiger partial charge in [-0.25, -0.2) is 14.4 Å². The van der Waals surface area contributed by atoms with Crippen molar-refractivity contribution >= 4 is 17.0 Å². The number of benzene rings is 1. The van der Waals surface area contributed by atoms with Crippen molar-refractivity contribution in [3.8, 4) is 5.69 Å². The molecular weight excluding hydrogens is 267 g/mol. The number of aromatic nitrogens is 3. The van der Waals surface area contributed by atoms with Crippen molar-refractivity contribution in [2.75, 3.05) is 11.9 Å². The number of anilines is 1. The first kappa shape index (κ1) is 13.5. The molecule has 21 heavy (non-hydrogen) atoms. The summed E-state index contributed by atoms with van der Waals surface area (Å²) in [5.74, 6) is 0.404. The van der Waals surface area contributed by atoms with Crippen LogP contribution in [0.2, 0.25) is 0 Å². The second-order valence-corrected chi connectivity index (χ2v) is 4.91. The summed E-state index contributed by atoms with van der Waals surface area (Å²) in [5, 5.41) is 3.21. The van der Waals surface area contributed by atoms with Crippen LogP contribution >= 0.6 is 0 Å². The average Bonchev–Trinajstić information content (AvgIpc) is 2.91. The zero-order valence-corrected chi connectivity index (χ0v) is 11.9. The molecule has 4 nitrogen and oxygen atoms in total. The average molecular weight is 284 g/mol. The fourth-order valence-electron chi connectivity index (χ4n) is 2.21. The monoisotopic (exact) mass is 284 g/mol. The lowest BCUT2D eigenvalue weighted by molar-refractivity contribution is 0.627. The molecular formula is C16H17FN4. The minimum absolute atomic E-state index is 0.242. The number of rotatable bonds is 5. The summed E-state index contributed by atoms with van der Waals surface area (Å²) in [6.45, 7) is 3.02. The van der Waals surface area contributed by atoms with Crippen molar-refractivity contribution in [1.82, 2.24) is 14.5 Å². The molecule has 0 atom stereocenters. The molecule has 2 heterocycles. The van der Waals surface area contributed by atoms with Gasteiger partial charge in [0.2, 0.25) is 5.95 Å². The Morgan fingerprint density at radius 3 is 2.76 bits per heavy atom. The lowest BCUT2D eigenvalue weighted by Gasteiger charge is -2.06. The van der Waals surface area contributed by atoms with E-state index in [4.69, 9.17) is 0 Å². The van der Waals surface area contributed by atoms with Crippen molar-refractivity contribution in [2.24, 2.45) is 0 Å². The van der Waals surface area contributed by atoms with Crippen LogP contribution in [0.25, 0.3) is 16.7 Å². The normalized spacial score (nSPS) is 11.0. The van der Waals surface area contributed by atoms with Gasteiger partial charge in [-0.1, -0.05) is 13.3 Å². The van der Waals surface area contributed by atoms with Crippen molar-refractivity contribution < 1.29 is 4.39 Å². The molecule has 0 aliphatic heterocycles. The highest BCUT2D eigenvalue weighted by Crippen LogP contribution is 2.19. The lowest BCUT2D eigenvalue weighted by Crippen LogP contribution is -2.05. The zero-order chi connectivity index (χ0) is 14.7. The summed E-state index contributed by atoms with van der Waals surface area (Å²) in [6.07, 6.45) is 5.94. The second kappa shape index (κ2) is 5.91. The number of fused-ring (bicyclic) bond motifs is 1. The molecule has 0 fully saturated rings. The van der Waals surface area contributed by atoms with Gasteiger partial charge < -0.3 is 9.88 Å². The van der Waals surface area contributed by atoms with E-state index in [-0.39, 0.29) is 5.82 Å². The number of hydrogen-bond acceptors (Lipinski definition) is 3. The Bertz CT molecular complexity index is 734. The summed E-state index contributed by atoms with van der Waals surface area (Å²) < 4.78 is 14.9. The third kappa shape index (κ3) is 2.86. The number of unbranched alkanes of at least 4 members (excludes halogenated alkanes) is 1. The van der Waals surface area contributed by atoms with Gasteiger partial charge in [-0.2, -0.15) is 0 Å². The Morgan fingerprint density at radius 2 is 2.00 bits per heavy atom. The maximum Gasteiger partial charge on any atom is 0.223 e. The molecule has 1 N–H and O–H groups in total. The highest BCUT2D eigenvalue weighted by atomic mass is 19.1. The Hall–Kier alpha value is -2.43. The maximum atomic E-state index is 13.0. The smallest absolute Gasteiger partial charge is 0.223 e. The van der Waals surface area contributed by atoms with Crippen molar-refractivity contribution in [3.63, 3.8) is 0 Å². The summed E-state index contributed by atoms with van der Waals surface area (Å²) >= 11 is 0. The van der Waals surface area contributed by atoms with Gasteiger partial charge in [0.05, 0.1) is 17.2 Å². The molecule has 0 aliphatic carbocycles. The van der Waals surface area contributed by atoms with Crippen LogP contribution in [0, 0.1) is 5.82 Å². The van der Waals surface area contributed by atoms with Crippen molar-refractivity contribution in [3.05, 3.63) is 48.5 Å². The molecule has 108 valence electrons. The van der Waals surface area contributed by atoms with Gasteiger partial charge in [0.1, 0.15) is 5.82 Å². The number of nitrogens with zero attached hydrogens (tertiary/aromatic N) is 3. The maximum absolute atomic E-state index is 13.0. The van der Waals surface area contributed by atoms with Crippen LogP contribution in [0.4, 0.5) is 10.3 Å². The minimum atomic E-state index is -0.242. The van der Waals surface area contributed by atoms with E-state index in [0.29, 0.717) is 5.95 Å². The number of nitrogens with one attached hydrogen (secondary N) is 1. The van der Waals surface area contributed by atoms with Crippen LogP contribution in [-0.4, -0.2) is 21.1 Å². The van der Waals surface area contributed by atoms with Gasteiger partial charge in [-0.15, -0.1) is 0 Å². The van der Waals surface area contributed by atoms with Crippen LogP contribution in [-0.2, 0) is 0 Å². The standard InChI is InChI=1S/C16H17FN4/c1-2-3-9-18-16-19-11-15-14(20-16)8-10-21(15)13-6-4-12(17)5-7-13/h4-8,10-11H,2-3,9H2,1H3,(H,18,19,20). The predicted molar refractivity (Wildman–Crippen MR) is 82.2 cm³/mol. The van der Waals surface area contributed by atoms with Gasteiger partial charge in [-0.05, 0) is 36.8 Å². The highest BCUT2D eigenvalue weighted by Gasteiger charge is 2.06. The zero-order valence-electron chi connectivity index (χ0n) is 11.9. The molecule has 3 aromatic rings. The molecule has 0 amide bonds. The van der Waals surface area contributed by atoms with Crippen molar-refractivity contribution in [2.45, 2.75) is 19.8 Å². The SMILES string of the molecule is CCCCNc1ncc2c(ccn2-c2ccc(F)cc2)n1. The van der Waals surface area contributed by atoms with Crippen molar-refractivity contribution in [1.29, 1.82) is 0 Å². The molecule has 1 aromatic carbocycles. The number of hydrogen-bond donors (Lipinski definition) is 1. The molecule has 2 aromatic heterocycles. The topological polar surface area (TPSA) is 42.7 Å². The van der Waals surface area contributed by atoms with E-state index >= 15 is 0 Å². The second-order valence-electron chi connectivity index (χ2n) is 4.91. The minimum Gasteiger partial charge on any atom is -0.354 e. The number of halogens is 1. The first-order chi connectivity index (χ1) is 10.3. The summed E-state index contributed by atoms with van der Waals surface area (Å²) in [6, 6.07) is 8.31. The fourth-order valence-corrected chi connectivity index (χ4v) is 2.21. The summed E-state index contributed by atoms with van der Waals surface area (Å²) in [5.41, 5.74) is 2.66. The molecule has 0 saturated carbocycles. The van der Waals surface area contributed by atoms with E-state index in [1.165, 1.54) is 12.1 Å². The predicted octanol–water partition coefficient (Wildman–Crippen LogP) is 3.77. The van der Waals surface area contributed by atoms with E-state index in [1.807, 2.05) is 16.8 Å². The van der Waals surface area contributed by atoms with Gasteiger partial charge in [0.15, 0.2) is 0 Å². The molecule has 0 saturated heterocycles. The van der Waals surface area contributed by atoms with Crippen LogP contribution in [0.15, 0.2) is 42.7 Å².